The minimum atomic E-state index is -0.368. The van der Waals surface area contributed by atoms with E-state index >= 15 is 0 Å². The average molecular weight is 381 g/mol. The van der Waals surface area contributed by atoms with Gasteiger partial charge in [0, 0.05) is 17.3 Å². The number of amides is 2. The molecule has 0 saturated carbocycles. The zero-order valence-corrected chi connectivity index (χ0v) is 16.4. The second-order valence-corrected chi connectivity index (χ2v) is 7.00. The summed E-state index contributed by atoms with van der Waals surface area (Å²) in [5.41, 5.74) is 5.03. The molecule has 2 aromatic carbocycles. The average Bonchev–Trinajstić information content (AvgIpc) is 2.86. The molecule has 0 radical (unpaired) electrons. The maximum Gasteiger partial charge on any atom is 0.278 e. The van der Waals surface area contributed by atoms with Gasteiger partial charge in [-0.05, 0) is 55.2 Å². The highest BCUT2D eigenvalue weighted by Gasteiger charge is 2.38. The summed E-state index contributed by atoms with van der Waals surface area (Å²) in [5, 5.41) is 3.74. The molecule has 27 heavy (non-hydrogen) atoms. The Morgan fingerprint density at radius 1 is 1.07 bits per heavy atom. The summed E-state index contributed by atoms with van der Waals surface area (Å²) in [7, 11) is 0. The molecule has 0 aromatic heterocycles. The van der Waals surface area contributed by atoms with E-state index in [1.54, 1.807) is 18.2 Å². The number of carbonyl (C=O) groups is 2. The molecule has 1 N–H and O–H groups in total. The van der Waals surface area contributed by atoms with Gasteiger partial charge < -0.3 is 5.32 Å². The minimum absolute atomic E-state index is 0.158. The number of imide groups is 1. The molecule has 0 spiro atoms. The maximum atomic E-state index is 13.0. The van der Waals surface area contributed by atoms with Crippen LogP contribution in [0.3, 0.4) is 0 Å². The predicted molar refractivity (Wildman–Crippen MR) is 110 cm³/mol. The number of nitrogens with one attached hydrogen (secondary N) is 1. The molecule has 0 atom stereocenters. The van der Waals surface area contributed by atoms with Crippen LogP contribution >= 0.6 is 11.6 Å². The Balaban J connectivity index is 2.15. The quantitative estimate of drug-likeness (QED) is 0.607. The lowest BCUT2D eigenvalue weighted by Crippen LogP contribution is -2.32. The lowest BCUT2D eigenvalue weighted by atomic mass is 9.99. The molecule has 1 aliphatic rings. The van der Waals surface area contributed by atoms with E-state index in [9.17, 15) is 9.59 Å². The van der Waals surface area contributed by atoms with Gasteiger partial charge in [-0.2, -0.15) is 0 Å². The molecule has 2 aromatic rings. The zero-order valence-electron chi connectivity index (χ0n) is 15.6. The summed E-state index contributed by atoms with van der Waals surface area (Å²) in [6, 6.07) is 11.2. The fourth-order valence-corrected chi connectivity index (χ4v) is 3.20. The summed E-state index contributed by atoms with van der Waals surface area (Å²) in [6.45, 7) is 9.66. The van der Waals surface area contributed by atoms with Gasteiger partial charge in [0.25, 0.3) is 11.8 Å². The second kappa shape index (κ2) is 7.41. The van der Waals surface area contributed by atoms with Crippen molar-refractivity contribution in [3.63, 3.8) is 0 Å². The van der Waals surface area contributed by atoms with E-state index in [1.807, 2.05) is 45.0 Å². The van der Waals surface area contributed by atoms with Crippen LogP contribution in [0.15, 0.2) is 54.8 Å². The first-order valence-corrected chi connectivity index (χ1v) is 9.04. The van der Waals surface area contributed by atoms with E-state index in [2.05, 4.69) is 11.9 Å². The first kappa shape index (κ1) is 18.9. The van der Waals surface area contributed by atoms with E-state index in [-0.39, 0.29) is 24.1 Å². The fraction of sp³-hybridized carbons (Fsp3) is 0.182. The summed E-state index contributed by atoms with van der Waals surface area (Å²) in [5.74, 6) is -0.696. The van der Waals surface area contributed by atoms with Crippen molar-refractivity contribution in [2.45, 2.75) is 20.8 Å². The number of halogens is 1. The number of nitrogens with zero attached hydrogens (tertiary/aromatic N) is 1. The molecule has 138 valence electrons. The predicted octanol–water partition coefficient (Wildman–Crippen LogP) is 4.64. The van der Waals surface area contributed by atoms with Crippen molar-refractivity contribution in [2.75, 3.05) is 11.9 Å². The van der Waals surface area contributed by atoms with Gasteiger partial charge in [-0.15, -0.1) is 6.58 Å². The number of hydrogen-bond donors (Lipinski definition) is 1. The van der Waals surface area contributed by atoms with Gasteiger partial charge in [0.05, 0.1) is 5.57 Å². The summed E-state index contributed by atoms with van der Waals surface area (Å²) in [6.07, 6.45) is 1.54. The van der Waals surface area contributed by atoms with Crippen LogP contribution in [0.2, 0.25) is 5.02 Å². The third-order valence-electron chi connectivity index (χ3n) is 4.80. The molecule has 4 nitrogen and oxygen atoms in total. The van der Waals surface area contributed by atoms with E-state index in [1.165, 1.54) is 4.90 Å². The molecule has 0 fully saturated rings. The van der Waals surface area contributed by atoms with E-state index in [4.69, 9.17) is 11.6 Å². The first-order valence-electron chi connectivity index (χ1n) is 8.66. The molecule has 0 saturated heterocycles. The summed E-state index contributed by atoms with van der Waals surface area (Å²) >= 11 is 6.20. The van der Waals surface area contributed by atoms with Crippen molar-refractivity contribution < 1.29 is 9.59 Å². The lowest BCUT2D eigenvalue weighted by Gasteiger charge is -2.13. The summed E-state index contributed by atoms with van der Waals surface area (Å²) in [4.78, 5) is 27.1. The molecule has 0 bridgehead atoms. The van der Waals surface area contributed by atoms with Gasteiger partial charge in [0.1, 0.15) is 5.70 Å². The van der Waals surface area contributed by atoms with Crippen LogP contribution < -0.4 is 5.32 Å². The molecule has 0 unspecified atom stereocenters. The van der Waals surface area contributed by atoms with Crippen molar-refractivity contribution >= 4 is 34.7 Å². The van der Waals surface area contributed by atoms with Gasteiger partial charge in [-0.25, -0.2) is 0 Å². The number of aryl methyl sites for hydroxylation is 2. The fourth-order valence-electron chi connectivity index (χ4n) is 3.03. The molecule has 2 amide bonds. The Morgan fingerprint density at radius 2 is 1.81 bits per heavy atom. The SMILES string of the molecule is C=CCN1C(=O)C(Nc2cccc(Cl)c2C)=C(c2ccc(C)c(C)c2)C1=O. The third-order valence-corrected chi connectivity index (χ3v) is 5.21. The normalized spacial score (nSPS) is 14.1. The second-order valence-electron chi connectivity index (χ2n) is 6.60. The maximum absolute atomic E-state index is 13.0. The van der Waals surface area contributed by atoms with Crippen molar-refractivity contribution in [3.8, 4) is 0 Å². The van der Waals surface area contributed by atoms with E-state index < -0.39 is 0 Å². The Bertz CT molecular complexity index is 992. The lowest BCUT2D eigenvalue weighted by molar-refractivity contribution is -0.136. The molecular formula is C22H21ClN2O2. The van der Waals surface area contributed by atoms with Crippen molar-refractivity contribution in [1.82, 2.24) is 4.90 Å². The Kier molecular flexibility index (Phi) is 5.19. The number of carbonyl (C=O) groups excluding carboxylic acids is 2. The molecule has 1 heterocycles. The molecule has 1 aliphatic heterocycles. The first-order chi connectivity index (χ1) is 12.8. The van der Waals surface area contributed by atoms with Gasteiger partial charge in [0.2, 0.25) is 0 Å². The Labute approximate surface area is 164 Å². The van der Waals surface area contributed by atoms with Crippen LogP contribution in [0.4, 0.5) is 5.69 Å². The standard InChI is InChI=1S/C22H21ClN2O2/c1-5-11-25-21(26)19(16-10-9-13(2)14(3)12-16)20(22(25)27)24-18-8-6-7-17(23)15(18)4/h5-10,12,24H,1,11H2,2-4H3. The minimum Gasteiger partial charge on any atom is -0.350 e. The molecular weight excluding hydrogens is 360 g/mol. The van der Waals surface area contributed by atoms with Crippen LogP contribution in [-0.4, -0.2) is 23.3 Å². The van der Waals surface area contributed by atoms with Gasteiger partial charge >= 0.3 is 0 Å². The molecule has 3 rings (SSSR count). The van der Waals surface area contributed by atoms with Crippen LogP contribution in [0, 0.1) is 20.8 Å². The van der Waals surface area contributed by atoms with Crippen molar-refractivity contribution in [2.24, 2.45) is 0 Å². The highest BCUT2D eigenvalue weighted by molar-refractivity contribution is 6.37. The summed E-state index contributed by atoms with van der Waals surface area (Å²) < 4.78 is 0. The highest BCUT2D eigenvalue weighted by Crippen LogP contribution is 2.33. The highest BCUT2D eigenvalue weighted by atomic mass is 35.5. The topological polar surface area (TPSA) is 49.4 Å². The van der Waals surface area contributed by atoms with Gasteiger partial charge in [0.15, 0.2) is 0 Å². The van der Waals surface area contributed by atoms with E-state index in [0.29, 0.717) is 21.8 Å². The Hall–Kier alpha value is -2.85. The monoisotopic (exact) mass is 380 g/mol. The number of anilines is 1. The van der Waals surface area contributed by atoms with Crippen LogP contribution in [0.1, 0.15) is 22.3 Å². The van der Waals surface area contributed by atoms with Crippen LogP contribution in [0.25, 0.3) is 5.57 Å². The smallest absolute Gasteiger partial charge is 0.278 e. The largest absolute Gasteiger partial charge is 0.350 e. The Morgan fingerprint density at radius 3 is 2.48 bits per heavy atom. The number of benzene rings is 2. The van der Waals surface area contributed by atoms with Gasteiger partial charge in [-0.1, -0.05) is 41.9 Å². The molecule has 5 heteroatoms. The van der Waals surface area contributed by atoms with Crippen molar-refractivity contribution in [1.29, 1.82) is 0 Å². The van der Waals surface area contributed by atoms with Gasteiger partial charge in [-0.3, -0.25) is 14.5 Å². The van der Waals surface area contributed by atoms with E-state index in [0.717, 1.165) is 16.7 Å². The number of rotatable bonds is 5. The van der Waals surface area contributed by atoms with Crippen molar-refractivity contribution in [3.05, 3.63) is 82.0 Å². The third kappa shape index (κ3) is 3.40. The number of hydrogen-bond acceptors (Lipinski definition) is 3. The van der Waals surface area contributed by atoms with Crippen LogP contribution in [-0.2, 0) is 9.59 Å². The molecule has 0 aliphatic carbocycles. The van der Waals surface area contributed by atoms with Crippen LogP contribution in [0.5, 0.6) is 0 Å². The zero-order chi connectivity index (χ0) is 19.7.